The van der Waals surface area contributed by atoms with Crippen molar-refractivity contribution in [3.63, 3.8) is 0 Å². The van der Waals surface area contributed by atoms with Crippen molar-refractivity contribution >= 4 is 34.5 Å². The van der Waals surface area contributed by atoms with E-state index >= 15 is 0 Å². The number of hydrogen-bond donors (Lipinski definition) is 3. The molecule has 4 amide bonds. The van der Waals surface area contributed by atoms with Crippen molar-refractivity contribution in [1.29, 1.82) is 0 Å². The standard InChI is InChI=1S/C31H36FN5O4/c1-19(2)26-17-36(30(40)22-8-10-25-21(16-22)11-13-33-25)18-28(38)34-12-3-5-20-7-9-24(32)23(15-20)31(41)37-14-4-6-27(37)29(39)35-26/h7-11,13,15-16,19,26-27,33H,3-6,12,14,17-18H2,1-2H3,(H,34,38)(H,35,39)/t26-,27-/m0/s1. The summed E-state index contributed by atoms with van der Waals surface area (Å²) in [5.74, 6) is -2.17. The first-order valence-corrected chi connectivity index (χ1v) is 14.2. The van der Waals surface area contributed by atoms with Gasteiger partial charge in [-0.05, 0) is 73.6 Å². The van der Waals surface area contributed by atoms with Crippen molar-refractivity contribution < 1.29 is 23.6 Å². The zero-order valence-electron chi connectivity index (χ0n) is 23.4. The van der Waals surface area contributed by atoms with E-state index in [1.165, 1.54) is 15.9 Å². The van der Waals surface area contributed by atoms with Crippen LogP contribution in [0.25, 0.3) is 10.9 Å². The molecule has 2 aromatic carbocycles. The third-order valence-electron chi connectivity index (χ3n) is 8.01. The molecule has 1 saturated heterocycles. The quantitative estimate of drug-likeness (QED) is 0.446. The van der Waals surface area contributed by atoms with Crippen molar-refractivity contribution in [3.05, 3.63) is 71.2 Å². The van der Waals surface area contributed by atoms with Gasteiger partial charge in [-0.3, -0.25) is 19.2 Å². The van der Waals surface area contributed by atoms with Crippen molar-refractivity contribution in [3.8, 4) is 0 Å². The van der Waals surface area contributed by atoms with Gasteiger partial charge < -0.3 is 25.4 Å². The molecule has 3 N–H and O–H groups in total. The smallest absolute Gasteiger partial charge is 0.257 e. The molecule has 0 spiro atoms. The van der Waals surface area contributed by atoms with Crippen molar-refractivity contribution in [2.45, 2.75) is 51.6 Å². The van der Waals surface area contributed by atoms with E-state index in [-0.39, 0.29) is 42.3 Å². The number of aromatic nitrogens is 1. The molecule has 0 saturated carbocycles. The number of carbonyl (C=O) groups is 4. The van der Waals surface area contributed by atoms with Gasteiger partial charge in [-0.2, -0.15) is 0 Å². The number of rotatable bonds is 2. The summed E-state index contributed by atoms with van der Waals surface area (Å²) in [5, 5.41) is 6.80. The lowest BCUT2D eigenvalue weighted by atomic mass is 10.0. The van der Waals surface area contributed by atoms with E-state index in [9.17, 15) is 23.6 Å². The molecule has 2 atom stereocenters. The van der Waals surface area contributed by atoms with Gasteiger partial charge in [0.1, 0.15) is 11.9 Å². The number of fused-ring (bicyclic) bond motifs is 4. The first-order valence-electron chi connectivity index (χ1n) is 14.2. The number of benzene rings is 2. The number of hydrogen-bond acceptors (Lipinski definition) is 4. The number of amides is 4. The third-order valence-corrected chi connectivity index (χ3v) is 8.01. The first kappa shape index (κ1) is 28.3. The van der Waals surface area contributed by atoms with Crippen molar-refractivity contribution in [2.24, 2.45) is 5.92 Å². The predicted molar refractivity (Wildman–Crippen MR) is 153 cm³/mol. The molecule has 3 aromatic rings. The second-order valence-electron chi connectivity index (χ2n) is 11.2. The maximum absolute atomic E-state index is 14.8. The minimum Gasteiger partial charge on any atom is -0.361 e. The normalized spacial score (nSPS) is 21.0. The van der Waals surface area contributed by atoms with Crippen LogP contribution < -0.4 is 10.6 Å². The van der Waals surface area contributed by atoms with Crippen LogP contribution in [0.1, 0.15) is 59.4 Å². The van der Waals surface area contributed by atoms with Crippen LogP contribution >= 0.6 is 0 Å². The Labute approximate surface area is 238 Å². The first-order chi connectivity index (χ1) is 19.7. The van der Waals surface area contributed by atoms with Crippen molar-refractivity contribution in [2.75, 3.05) is 26.2 Å². The topological polar surface area (TPSA) is 115 Å². The number of aryl methyl sites for hydroxylation is 1. The molecule has 41 heavy (non-hydrogen) atoms. The molecule has 216 valence electrons. The van der Waals surface area contributed by atoms with Crippen LogP contribution in [0.2, 0.25) is 0 Å². The van der Waals surface area contributed by atoms with Crippen LogP contribution in [0, 0.1) is 11.7 Å². The van der Waals surface area contributed by atoms with E-state index in [2.05, 4.69) is 15.6 Å². The number of nitrogens with one attached hydrogen (secondary N) is 3. The Morgan fingerprint density at radius 3 is 2.68 bits per heavy atom. The Balaban J connectivity index is 1.45. The van der Waals surface area contributed by atoms with Crippen LogP contribution in [-0.4, -0.2) is 76.7 Å². The van der Waals surface area contributed by atoms with E-state index in [1.807, 2.05) is 26.0 Å². The fourth-order valence-corrected chi connectivity index (χ4v) is 5.61. The Hall–Kier alpha value is -4.21. The minimum absolute atomic E-state index is 0.0490. The summed E-state index contributed by atoms with van der Waals surface area (Å²) in [4.78, 5) is 59.8. The SMILES string of the molecule is CC(C)[C@@H]1CN(C(=O)c2ccc3[nH]ccc3c2)CC(=O)NCCCc2ccc(F)c(c2)C(=O)N2CCC[C@H]2C(=O)N1. The fraction of sp³-hybridized carbons (Fsp3) is 0.419. The average Bonchev–Trinajstić information content (AvgIpc) is 3.63. The Bertz CT molecular complexity index is 1470. The Morgan fingerprint density at radius 2 is 1.88 bits per heavy atom. The van der Waals surface area contributed by atoms with Gasteiger partial charge in [0.05, 0.1) is 12.1 Å². The van der Waals surface area contributed by atoms with E-state index in [4.69, 9.17) is 0 Å². The Kier molecular flexibility index (Phi) is 8.37. The average molecular weight is 562 g/mol. The van der Waals surface area contributed by atoms with Crippen LogP contribution in [-0.2, 0) is 16.0 Å². The van der Waals surface area contributed by atoms with Gasteiger partial charge in [-0.25, -0.2) is 4.39 Å². The third kappa shape index (κ3) is 6.26. The second-order valence-corrected chi connectivity index (χ2v) is 11.2. The summed E-state index contributed by atoms with van der Waals surface area (Å²) in [6.07, 6.45) is 3.99. The maximum atomic E-state index is 14.8. The van der Waals surface area contributed by atoms with Gasteiger partial charge >= 0.3 is 0 Å². The summed E-state index contributed by atoms with van der Waals surface area (Å²) in [7, 11) is 0. The predicted octanol–water partition coefficient (Wildman–Crippen LogP) is 3.26. The van der Waals surface area contributed by atoms with Gasteiger partial charge in [0.25, 0.3) is 11.8 Å². The number of halogens is 1. The number of aromatic amines is 1. The van der Waals surface area contributed by atoms with Crippen LogP contribution in [0.15, 0.2) is 48.7 Å². The molecule has 9 nitrogen and oxygen atoms in total. The molecular formula is C31H36FN5O4. The molecule has 2 bridgehead atoms. The lowest BCUT2D eigenvalue weighted by Gasteiger charge is -2.32. The Morgan fingerprint density at radius 1 is 1.05 bits per heavy atom. The molecule has 1 fully saturated rings. The maximum Gasteiger partial charge on any atom is 0.257 e. The molecule has 1 aromatic heterocycles. The zero-order valence-corrected chi connectivity index (χ0v) is 23.4. The largest absolute Gasteiger partial charge is 0.361 e. The lowest BCUT2D eigenvalue weighted by molar-refractivity contribution is -0.126. The highest BCUT2D eigenvalue weighted by atomic mass is 19.1. The summed E-state index contributed by atoms with van der Waals surface area (Å²) < 4.78 is 14.8. The van der Waals surface area contributed by atoms with E-state index in [1.54, 1.807) is 30.5 Å². The molecule has 0 unspecified atom stereocenters. The highest BCUT2D eigenvalue weighted by Crippen LogP contribution is 2.24. The summed E-state index contributed by atoms with van der Waals surface area (Å²) in [6, 6.07) is 10.4. The van der Waals surface area contributed by atoms with Crippen LogP contribution in [0.3, 0.4) is 0 Å². The molecule has 2 aliphatic rings. The molecule has 5 rings (SSSR count). The number of nitrogens with zero attached hydrogens (tertiary/aromatic N) is 2. The minimum atomic E-state index is -0.745. The summed E-state index contributed by atoms with van der Waals surface area (Å²) in [6.45, 7) is 4.52. The molecular weight excluding hydrogens is 525 g/mol. The summed E-state index contributed by atoms with van der Waals surface area (Å²) in [5.41, 5.74) is 2.06. The van der Waals surface area contributed by atoms with Gasteiger partial charge in [-0.15, -0.1) is 0 Å². The van der Waals surface area contributed by atoms with Gasteiger partial charge in [0.2, 0.25) is 11.8 Å². The number of carbonyl (C=O) groups excluding carboxylic acids is 4. The van der Waals surface area contributed by atoms with Crippen molar-refractivity contribution in [1.82, 2.24) is 25.4 Å². The molecule has 0 aliphatic carbocycles. The second kappa shape index (κ2) is 12.1. The highest BCUT2D eigenvalue weighted by molar-refractivity contribution is 6.00. The van der Waals surface area contributed by atoms with E-state index in [0.29, 0.717) is 44.3 Å². The zero-order chi connectivity index (χ0) is 29.1. The summed E-state index contributed by atoms with van der Waals surface area (Å²) >= 11 is 0. The van der Waals surface area contributed by atoms with E-state index in [0.717, 1.165) is 16.5 Å². The lowest BCUT2D eigenvalue weighted by Crippen LogP contribution is -2.54. The van der Waals surface area contributed by atoms with Gasteiger partial charge in [0.15, 0.2) is 0 Å². The molecule has 3 heterocycles. The van der Waals surface area contributed by atoms with E-state index < -0.39 is 23.8 Å². The van der Waals surface area contributed by atoms with Gasteiger partial charge in [0, 0.05) is 48.3 Å². The van der Waals surface area contributed by atoms with Gasteiger partial charge in [-0.1, -0.05) is 19.9 Å². The molecule has 0 radical (unpaired) electrons. The molecule has 10 heteroatoms. The fourth-order valence-electron chi connectivity index (χ4n) is 5.61. The molecule has 2 aliphatic heterocycles. The van der Waals surface area contributed by atoms with Crippen LogP contribution in [0.5, 0.6) is 0 Å². The van der Waals surface area contributed by atoms with Crippen LogP contribution in [0.4, 0.5) is 4.39 Å². The monoisotopic (exact) mass is 561 g/mol. The number of H-pyrrole nitrogens is 1. The highest BCUT2D eigenvalue weighted by Gasteiger charge is 2.37.